The Hall–Kier alpha value is -3.85. The molecule has 0 aliphatic carbocycles. The van der Waals surface area contributed by atoms with E-state index in [0.29, 0.717) is 10.8 Å². The molecule has 3 heterocycles. The highest BCUT2D eigenvalue weighted by molar-refractivity contribution is 7.80. The number of hydrogen-bond donors (Lipinski definition) is 1. The first-order valence-corrected chi connectivity index (χ1v) is 13.1. The van der Waals surface area contributed by atoms with Gasteiger partial charge in [-0.2, -0.15) is 13.2 Å². The molecule has 2 aromatic carbocycles. The van der Waals surface area contributed by atoms with Gasteiger partial charge in [0.25, 0.3) is 0 Å². The number of nitrogens with zero attached hydrogens (tertiary/aromatic N) is 3. The molecule has 5 nitrogen and oxygen atoms in total. The average molecular weight is 551 g/mol. The van der Waals surface area contributed by atoms with Gasteiger partial charge in [-0.15, -0.1) is 0 Å². The van der Waals surface area contributed by atoms with Gasteiger partial charge in [-0.3, -0.25) is 4.98 Å². The number of hydrogen-bond acceptors (Lipinski definition) is 3. The molecule has 0 spiro atoms. The molecule has 1 aliphatic heterocycles. The van der Waals surface area contributed by atoms with Crippen molar-refractivity contribution in [3.63, 3.8) is 0 Å². The first kappa shape index (κ1) is 26.7. The standard InChI is InChI=1S/C30H29F3N4OS/c1-18(2)38-24-13-11-22(12-14-24)37-28(27(35-29(37)39)26-10-5-6-15-34-26)25-16-19(3)36(20(25)4)23-9-7-8-21(17-23)30(31,32)33/h5-18,27-28H,1-4H3,(H,35,39)/t27-,28-/m0/s1. The normalized spacial score (nSPS) is 17.5. The summed E-state index contributed by atoms with van der Waals surface area (Å²) in [6, 6.07) is 20.3. The molecule has 0 saturated carbocycles. The number of aromatic nitrogens is 2. The Morgan fingerprint density at radius 2 is 1.69 bits per heavy atom. The Morgan fingerprint density at radius 1 is 0.949 bits per heavy atom. The molecule has 0 unspecified atom stereocenters. The summed E-state index contributed by atoms with van der Waals surface area (Å²) >= 11 is 5.84. The molecule has 1 N–H and O–H groups in total. The second-order valence-corrected chi connectivity index (χ2v) is 10.3. The maximum absolute atomic E-state index is 13.5. The van der Waals surface area contributed by atoms with Crippen LogP contribution in [-0.2, 0) is 6.18 Å². The van der Waals surface area contributed by atoms with E-state index in [9.17, 15) is 13.2 Å². The van der Waals surface area contributed by atoms with E-state index in [0.717, 1.165) is 40.1 Å². The predicted octanol–water partition coefficient (Wildman–Crippen LogP) is 7.47. The van der Waals surface area contributed by atoms with Crippen LogP contribution in [0.3, 0.4) is 0 Å². The lowest BCUT2D eigenvalue weighted by atomic mass is 9.96. The number of benzene rings is 2. The molecule has 0 amide bonds. The summed E-state index contributed by atoms with van der Waals surface area (Å²) in [5.41, 5.74) is 4.04. The van der Waals surface area contributed by atoms with E-state index in [1.165, 1.54) is 12.1 Å². The molecule has 1 aliphatic rings. The maximum atomic E-state index is 13.5. The number of aryl methyl sites for hydroxylation is 1. The predicted molar refractivity (Wildman–Crippen MR) is 150 cm³/mol. The van der Waals surface area contributed by atoms with E-state index >= 15 is 0 Å². The Balaban J connectivity index is 1.63. The van der Waals surface area contributed by atoms with Gasteiger partial charge in [0.2, 0.25) is 0 Å². The molecule has 2 aromatic heterocycles. The van der Waals surface area contributed by atoms with Crippen molar-refractivity contribution >= 4 is 23.0 Å². The molecule has 4 aromatic rings. The maximum Gasteiger partial charge on any atom is 0.416 e. The van der Waals surface area contributed by atoms with Gasteiger partial charge in [0, 0.05) is 29.0 Å². The van der Waals surface area contributed by atoms with Crippen LogP contribution in [0.5, 0.6) is 5.75 Å². The van der Waals surface area contributed by atoms with Crippen molar-refractivity contribution in [2.45, 2.75) is 52.1 Å². The Labute approximate surface area is 231 Å². The van der Waals surface area contributed by atoms with Gasteiger partial charge in [0.05, 0.1) is 29.4 Å². The highest BCUT2D eigenvalue weighted by Gasteiger charge is 2.42. The summed E-state index contributed by atoms with van der Waals surface area (Å²) in [7, 11) is 0. The highest BCUT2D eigenvalue weighted by Crippen LogP contribution is 2.44. The molecule has 0 bridgehead atoms. The molecule has 1 fully saturated rings. The van der Waals surface area contributed by atoms with Gasteiger partial charge in [0.1, 0.15) is 5.75 Å². The van der Waals surface area contributed by atoms with Gasteiger partial charge in [-0.1, -0.05) is 12.1 Å². The number of anilines is 1. The number of rotatable bonds is 6. The van der Waals surface area contributed by atoms with Crippen molar-refractivity contribution in [1.29, 1.82) is 0 Å². The van der Waals surface area contributed by atoms with E-state index in [4.69, 9.17) is 17.0 Å². The zero-order valence-electron chi connectivity index (χ0n) is 22.0. The zero-order valence-corrected chi connectivity index (χ0v) is 22.8. The summed E-state index contributed by atoms with van der Waals surface area (Å²) in [4.78, 5) is 6.65. The van der Waals surface area contributed by atoms with Crippen LogP contribution in [-0.4, -0.2) is 20.8 Å². The third kappa shape index (κ3) is 5.23. The highest BCUT2D eigenvalue weighted by atomic mass is 32.1. The van der Waals surface area contributed by atoms with Crippen molar-refractivity contribution in [3.8, 4) is 11.4 Å². The van der Waals surface area contributed by atoms with E-state index in [-0.39, 0.29) is 18.2 Å². The van der Waals surface area contributed by atoms with Gasteiger partial charge >= 0.3 is 6.18 Å². The molecule has 1 saturated heterocycles. The molecule has 0 radical (unpaired) electrons. The number of pyridine rings is 1. The second-order valence-electron chi connectivity index (χ2n) is 9.87. The average Bonchev–Trinajstić information content (AvgIpc) is 3.39. The topological polar surface area (TPSA) is 42.3 Å². The lowest BCUT2D eigenvalue weighted by molar-refractivity contribution is -0.137. The van der Waals surface area contributed by atoms with Crippen molar-refractivity contribution < 1.29 is 17.9 Å². The number of nitrogens with one attached hydrogen (secondary N) is 1. The minimum atomic E-state index is -4.43. The van der Waals surface area contributed by atoms with Gasteiger partial charge < -0.3 is 19.5 Å². The SMILES string of the molecule is Cc1cc([C@H]2[C@H](c3ccccn3)NC(=S)N2c2ccc(OC(C)C)cc2)c(C)n1-c1cccc(C(F)(F)F)c1. The van der Waals surface area contributed by atoms with Gasteiger partial charge in [-0.05, 0) is 106 Å². The number of ether oxygens (including phenoxy) is 1. The monoisotopic (exact) mass is 550 g/mol. The number of thiocarbonyl (C=S) groups is 1. The van der Waals surface area contributed by atoms with E-state index in [2.05, 4.69) is 10.3 Å². The fourth-order valence-electron chi connectivity index (χ4n) is 5.21. The summed E-state index contributed by atoms with van der Waals surface area (Å²) in [6.07, 6.45) is -2.64. The van der Waals surface area contributed by atoms with Crippen LogP contribution in [0.1, 0.15) is 54.1 Å². The van der Waals surface area contributed by atoms with E-state index in [1.807, 2.05) is 85.7 Å². The Kier molecular flexibility index (Phi) is 7.11. The van der Waals surface area contributed by atoms with Crippen molar-refractivity contribution in [2.75, 3.05) is 4.90 Å². The third-order valence-corrected chi connectivity index (χ3v) is 7.12. The van der Waals surface area contributed by atoms with Crippen LogP contribution in [0.4, 0.5) is 18.9 Å². The molecular weight excluding hydrogens is 521 g/mol. The molecular formula is C30H29F3N4OS. The zero-order chi connectivity index (χ0) is 27.9. The first-order valence-electron chi connectivity index (χ1n) is 12.7. The molecule has 202 valence electrons. The number of alkyl halides is 3. The molecule has 2 atom stereocenters. The van der Waals surface area contributed by atoms with Crippen molar-refractivity contribution in [2.24, 2.45) is 0 Å². The molecule has 9 heteroatoms. The van der Waals surface area contributed by atoms with Crippen LogP contribution in [0.2, 0.25) is 0 Å². The minimum Gasteiger partial charge on any atom is -0.491 e. The second kappa shape index (κ2) is 10.4. The first-order chi connectivity index (χ1) is 18.5. The van der Waals surface area contributed by atoms with Crippen LogP contribution in [0, 0.1) is 13.8 Å². The van der Waals surface area contributed by atoms with Crippen molar-refractivity contribution in [1.82, 2.24) is 14.9 Å². The van der Waals surface area contributed by atoms with Crippen molar-refractivity contribution in [3.05, 3.63) is 107 Å². The fourth-order valence-corrected chi connectivity index (χ4v) is 5.56. The Bertz CT molecular complexity index is 1480. The van der Waals surface area contributed by atoms with Crippen LogP contribution in [0.15, 0.2) is 79.0 Å². The minimum absolute atomic E-state index is 0.0490. The van der Waals surface area contributed by atoms with Crippen LogP contribution in [0.25, 0.3) is 5.69 Å². The summed E-state index contributed by atoms with van der Waals surface area (Å²) in [5.74, 6) is 0.757. The fraction of sp³-hybridized carbons (Fsp3) is 0.267. The van der Waals surface area contributed by atoms with E-state index < -0.39 is 11.7 Å². The summed E-state index contributed by atoms with van der Waals surface area (Å²) < 4.78 is 48.2. The van der Waals surface area contributed by atoms with Gasteiger partial charge in [-0.25, -0.2) is 0 Å². The smallest absolute Gasteiger partial charge is 0.416 e. The van der Waals surface area contributed by atoms with Crippen LogP contribution >= 0.6 is 12.2 Å². The Morgan fingerprint density at radius 3 is 2.33 bits per heavy atom. The molecule has 5 rings (SSSR count). The van der Waals surface area contributed by atoms with Gasteiger partial charge in [0.15, 0.2) is 5.11 Å². The molecule has 39 heavy (non-hydrogen) atoms. The lowest BCUT2D eigenvalue weighted by Crippen LogP contribution is -2.29. The summed E-state index contributed by atoms with van der Waals surface area (Å²) in [5, 5.41) is 3.98. The van der Waals surface area contributed by atoms with E-state index in [1.54, 1.807) is 12.3 Å². The quantitative estimate of drug-likeness (QED) is 0.252. The lowest BCUT2D eigenvalue weighted by Gasteiger charge is -2.28. The largest absolute Gasteiger partial charge is 0.491 e. The summed E-state index contributed by atoms with van der Waals surface area (Å²) in [6.45, 7) is 7.77. The third-order valence-electron chi connectivity index (χ3n) is 6.81. The number of halogens is 3. The van der Waals surface area contributed by atoms with Crippen LogP contribution < -0.4 is 15.0 Å².